The molecule has 0 N–H and O–H groups in total. The molecule has 2 heterocycles. The highest BCUT2D eigenvalue weighted by Crippen LogP contribution is 2.55. The minimum absolute atomic E-state index is 0.0304. The van der Waals surface area contributed by atoms with Crippen molar-refractivity contribution in [1.29, 1.82) is 0 Å². The minimum atomic E-state index is -0.598. The van der Waals surface area contributed by atoms with Gasteiger partial charge in [0.1, 0.15) is 41.6 Å². The molecule has 0 bridgehead atoms. The molecule has 1 saturated heterocycles. The van der Waals surface area contributed by atoms with Crippen LogP contribution in [-0.4, -0.2) is 57.0 Å². The Morgan fingerprint density at radius 2 is 1.38 bits per heavy atom. The number of rotatable bonds is 11. The fourth-order valence-corrected chi connectivity index (χ4v) is 6.30. The molecule has 1 atom stereocenters. The van der Waals surface area contributed by atoms with Crippen molar-refractivity contribution in [1.82, 2.24) is 25.1 Å². The lowest BCUT2D eigenvalue weighted by molar-refractivity contribution is 0.0288. The van der Waals surface area contributed by atoms with Crippen LogP contribution < -0.4 is 14.2 Å². The number of benzene rings is 4. The van der Waals surface area contributed by atoms with Gasteiger partial charge in [-0.2, -0.15) is 0 Å². The Morgan fingerprint density at radius 3 is 1.92 bits per heavy atom. The first-order valence-electron chi connectivity index (χ1n) is 17.1. The maximum Gasteiger partial charge on any atom is 0.410 e. The summed E-state index contributed by atoms with van der Waals surface area (Å²) in [6.07, 6.45) is 0.299. The van der Waals surface area contributed by atoms with E-state index in [1.807, 2.05) is 112 Å². The van der Waals surface area contributed by atoms with Crippen molar-refractivity contribution >= 4 is 6.09 Å². The van der Waals surface area contributed by atoms with Gasteiger partial charge in [-0.05, 0) is 60.2 Å². The number of tetrazole rings is 1. The summed E-state index contributed by atoms with van der Waals surface area (Å²) < 4.78 is 27.5. The van der Waals surface area contributed by atoms with Crippen LogP contribution in [0, 0.1) is 0 Å². The van der Waals surface area contributed by atoms with E-state index in [1.54, 1.807) is 16.7 Å². The van der Waals surface area contributed by atoms with Gasteiger partial charge < -0.3 is 23.8 Å². The second-order valence-electron chi connectivity index (χ2n) is 13.7. The number of hydrogen-bond donors (Lipinski definition) is 0. The molecule has 4 aromatic carbocycles. The zero-order valence-electron chi connectivity index (χ0n) is 29.6. The number of methoxy groups -OCH3 is 1. The number of aromatic nitrogens is 4. The molecule has 0 saturated carbocycles. The van der Waals surface area contributed by atoms with Crippen molar-refractivity contribution in [2.75, 3.05) is 20.2 Å². The molecule has 0 aliphatic carbocycles. The van der Waals surface area contributed by atoms with Gasteiger partial charge >= 0.3 is 6.09 Å². The van der Waals surface area contributed by atoms with E-state index in [-0.39, 0.29) is 18.1 Å². The summed E-state index contributed by atoms with van der Waals surface area (Å²) in [5.74, 6) is 2.24. The van der Waals surface area contributed by atoms with Crippen LogP contribution in [0.3, 0.4) is 0 Å². The Bertz CT molecular complexity index is 1890. The first-order valence-corrected chi connectivity index (χ1v) is 17.1. The van der Waals surface area contributed by atoms with Crippen molar-refractivity contribution in [2.45, 2.75) is 71.8 Å². The highest BCUT2D eigenvalue weighted by Gasteiger charge is 2.37. The van der Waals surface area contributed by atoms with Crippen LogP contribution >= 0.6 is 0 Å². The van der Waals surface area contributed by atoms with Gasteiger partial charge in [0.05, 0.1) is 18.7 Å². The summed E-state index contributed by atoms with van der Waals surface area (Å²) >= 11 is 0. The van der Waals surface area contributed by atoms with Gasteiger partial charge in [-0.3, -0.25) is 0 Å². The molecule has 0 radical (unpaired) electrons. The predicted molar refractivity (Wildman–Crippen MR) is 192 cm³/mol. The predicted octanol–water partition coefficient (Wildman–Crippen LogP) is 8.48. The summed E-state index contributed by atoms with van der Waals surface area (Å²) in [6, 6.07) is 30.0. The largest absolute Gasteiger partial charge is 0.495 e. The number of carbonyl (C=O) groups excluding carboxylic acids is 1. The summed E-state index contributed by atoms with van der Waals surface area (Å²) in [5.41, 5.74) is 4.65. The minimum Gasteiger partial charge on any atom is -0.495 e. The molecule has 1 aliphatic rings. The Kier molecular flexibility index (Phi) is 10.4. The number of likely N-dealkylation sites (tertiary alicyclic amines) is 1. The van der Waals surface area contributed by atoms with Crippen LogP contribution in [0.2, 0.25) is 0 Å². The van der Waals surface area contributed by atoms with E-state index in [0.717, 1.165) is 27.8 Å². The van der Waals surface area contributed by atoms with Gasteiger partial charge in [-0.25, -0.2) is 9.48 Å². The summed E-state index contributed by atoms with van der Waals surface area (Å²) in [7, 11) is 1.65. The normalized spacial score (nSPS) is 14.5. The number of hydrogen-bond acceptors (Lipinski definition) is 8. The highest BCUT2D eigenvalue weighted by molar-refractivity contribution is 5.91. The molecule has 1 aliphatic heterocycles. The first-order chi connectivity index (χ1) is 24.1. The molecule has 1 aromatic heterocycles. The Balaban J connectivity index is 1.54. The summed E-state index contributed by atoms with van der Waals surface area (Å²) in [4.78, 5) is 14.7. The van der Waals surface area contributed by atoms with E-state index in [2.05, 4.69) is 29.4 Å². The molecular weight excluding hydrogens is 630 g/mol. The van der Waals surface area contributed by atoms with Crippen LogP contribution in [0.25, 0.3) is 22.5 Å². The Hall–Kier alpha value is -5.38. The fourth-order valence-electron chi connectivity index (χ4n) is 6.30. The van der Waals surface area contributed by atoms with Gasteiger partial charge in [-0.15, -0.1) is 5.10 Å². The van der Waals surface area contributed by atoms with Crippen LogP contribution in [0.4, 0.5) is 4.79 Å². The van der Waals surface area contributed by atoms with Crippen molar-refractivity contribution in [3.8, 4) is 39.8 Å². The molecule has 1 fully saturated rings. The molecule has 0 spiro atoms. The topological polar surface area (TPSA) is 101 Å². The van der Waals surface area contributed by atoms with Crippen LogP contribution in [-0.2, 0) is 18.0 Å². The molecule has 1 unspecified atom stereocenters. The second kappa shape index (κ2) is 15.0. The van der Waals surface area contributed by atoms with Crippen molar-refractivity contribution < 1.29 is 23.7 Å². The van der Waals surface area contributed by atoms with Gasteiger partial charge in [0.2, 0.25) is 0 Å². The van der Waals surface area contributed by atoms with Gasteiger partial charge in [-0.1, -0.05) is 105 Å². The SMILES string of the molecule is COc1c(-c2ccccc2)c(OCc2ccccc2)c(C(C)C)c(OCc2ccccc2)c1-c1nnnn1C1CCN(C(=O)OC(C)(C)C)C1. The average molecular weight is 676 g/mol. The van der Waals surface area contributed by atoms with E-state index >= 15 is 0 Å². The number of amides is 1. The van der Waals surface area contributed by atoms with Crippen molar-refractivity contribution in [2.24, 2.45) is 0 Å². The summed E-state index contributed by atoms with van der Waals surface area (Å²) in [5, 5.41) is 13.3. The second-order valence-corrected chi connectivity index (χ2v) is 13.7. The average Bonchev–Trinajstić information content (AvgIpc) is 3.80. The van der Waals surface area contributed by atoms with E-state index in [0.29, 0.717) is 61.4 Å². The lowest BCUT2D eigenvalue weighted by Crippen LogP contribution is -2.35. The molecule has 50 heavy (non-hydrogen) atoms. The molecule has 10 heteroatoms. The standard InChI is InChI=1S/C40H45N5O5/c1-27(2)32-36(48-25-28-16-10-7-11-17-28)33(30-20-14-9-15-21-30)35(47-6)34(37(32)49-26-29-18-12-8-13-19-29)38-41-42-43-45(38)31-22-23-44(24-31)39(46)50-40(3,4)5/h7-21,27,31H,22-26H2,1-6H3. The number of nitrogens with zero attached hydrogens (tertiary/aromatic N) is 5. The summed E-state index contributed by atoms with van der Waals surface area (Å²) in [6.45, 7) is 11.4. The Labute approximate surface area is 293 Å². The van der Waals surface area contributed by atoms with Crippen LogP contribution in [0.1, 0.15) is 69.7 Å². The van der Waals surface area contributed by atoms with Gasteiger partial charge in [0.25, 0.3) is 0 Å². The van der Waals surface area contributed by atoms with E-state index in [9.17, 15) is 4.79 Å². The zero-order valence-corrected chi connectivity index (χ0v) is 29.6. The number of carbonyl (C=O) groups is 1. The number of ether oxygens (including phenoxy) is 4. The van der Waals surface area contributed by atoms with Crippen LogP contribution in [0.15, 0.2) is 91.0 Å². The first kappa shape index (κ1) is 34.5. The van der Waals surface area contributed by atoms with Crippen molar-refractivity contribution in [3.05, 3.63) is 108 Å². The quantitative estimate of drug-likeness (QED) is 0.137. The molecular formula is C40H45N5O5. The maximum atomic E-state index is 13.0. The zero-order chi connectivity index (χ0) is 35.3. The van der Waals surface area contributed by atoms with Gasteiger partial charge in [0.15, 0.2) is 5.82 Å². The fraction of sp³-hybridized carbons (Fsp3) is 0.350. The molecule has 10 nitrogen and oxygen atoms in total. The maximum absolute atomic E-state index is 13.0. The molecule has 1 amide bonds. The van der Waals surface area contributed by atoms with Gasteiger partial charge in [0, 0.05) is 18.7 Å². The third-order valence-corrected chi connectivity index (χ3v) is 8.57. The monoisotopic (exact) mass is 675 g/mol. The third kappa shape index (κ3) is 7.59. The lowest BCUT2D eigenvalue weighted by Gasteiger charge is -2.27. The van der Waals surface area contributed by atoms with E-state index in [1.165, 1.54) is 0 Å². The van der Waals surface area contributed by atoms with Crippen LogP contribution in [0.5, 0.6) is 17.2 Å². The molecule has 6 rings (SSSR count). The molecule has 260 valence electrons. The Morgan fingerprint density at radius 1 is 0.820 bits per heavy atom. The third-order valence-electron chi connectivity index (χ3n) is 8.57. The highest BCUT2D eigenvalue weighted by atomic mass is 16.6. The smallest absolute Gasteiger partial charge is 0.410 e. The van der Waals surface area contributed by atoms with Crippen molar-refractivity contribution in [3.63, 3.8) is 0 Å². The lowest BCUT2D eigenvalue weighted by atomic mass is 9.89. The van der Waals surface area contributed by atoms with E-state index < -0.39 is 5.60 Å². The van der Waals surface area contributed by atoms with E-state index in [4.69, 9.17) is 18.9 Å². The molecule has 5 aromatic rings.